The lowest BCUT2D eigenvalue weighted by Gasteiger charge is -2.07. The topological polar surface area (TPSA) is 62.1 Å². The number of ether oxygens (including phenoxy) is 1. The minimum absolute atomic E-state index is 0.0951. The summed E-state index contributed by atoms with van der Waals surface area (Å²) >= 11 is 17.9. The quantitative estimate of drug-likeness (QED) is 0.585. The van der Waals surface area contributed by atoms with Gasteiger partial charge < -0.3 is 10.1 Å². The van der Waals surface area contributed by atoms with Crippen molar-refractivity contribution in [2.75, 3.05) is 12.4 Å². The Bertz CT molecular complexity index is 817. The van der Waals surface area contributed by atoms with Crippen LogP contribution < -0.4 is 10.1 Å². The molecule has 0 fully saturated rings. The highest BCUT2D eigenvalue weighted by molar-refractivity contribution is 6.37. The summed E-state index contributed by atoms with van der Waals surface area (Å²) in [4.78, 5) is 12.2. The summed E-state index contributed by atoms with van der Waals surface area (Å²) in [7, 11) is 1.45. The largest absolute Gasteiger partial charge is 0.494 e. The maximum Gasteiger partial charge on any atom is 0.266 e. The van der Waals surface area contributed by atoms with Crippen LogP contribution in [0.1, 0.15) is 5.56 Å². The molecule has 0 saturated carbocycles. The van der Waals surface area contributed by atoms with Gasteiger partial charge in [-0.05, 0) is 48.0 Å². The Balaban J connectivity index is 2.27. The molecule has 0 atom stereocenters. The van der Waals surface area contributed by atoms with Crippen LogP contribution in [0.15, 0.2) is 42.0 Å². The van der Waals surface area contributed by atoms with E-state index in [4.69, 9.17) is 39.5 Å². The van der Waals surface area contributed by atoms with Gasteiger partial charge in [-0.15, -0.1) is 0 Å². The number of nitrogens with one attached hydrogen (secondary N) is 1. The molecule has 0 aliphatic carbocycles. The number of amides is 1. The summed E-state index contributed by atoms with van der Waals surface area (Å²) in [5, 5.41) is 13.0. The summed E-state index contributed by atoms with van der Waals surface area (Å²) in [5.74, 6) is -0.220. The average molecular weight is 382 g/mol. The smallest absolute Gasteiger partial charge is 0.266 e. The highest BCUT2D eigenvalue weighted by Crippen LogP contribution is 2.34. The van der Waals surface area contributed by atoms with Gasteiger partial charge in [0.2, 0.25) is 0 Å². The maximum atomic E-state index is 12.2. The third-order valence-corrected chi connectivity index (χ3v) is 3.82. The van der Waals surface area contributed by atoms with Crippen molar-refractivity contribution in [1.29, 1.82) is 5.26 Å². The number of benzene rings is 2. The van der Waals surface area contributed by atoms with Crippen molar-refractivity contribution in [1.82, 2.24) is 0 Å². The molecular formula is C17H11Cl3N2O2. The van der Waals surface area contributed by atoms with Crippen LogP contribution in [-0.2, 0) is 4.79 Å². The van der Waals surface area contributed by atoms with E-state index in [0.717, 1.165) is 0 Å². The molecule has 1 amide bonds. The Morgan fingerprint density at radius 3 is 2.25 bits per heavy atom. The Morgan fingerprint density at radius 1 is 1.17 bits per heavy atom. The van der Waals surface area contributed by atoms with Gasteiger partial charge in [0, 0.05) is 10.7 Å². The number of hydrogen-bond acceptors (Lipinski definition) is 3. The van der Waals surface area contributed by atoms with Crippen LogP contribution >= 0.6 is 34.8 Å². The lowest BCUT2D eigenvalue weighted by Crippen LogP contribution is -2.13. The van der Waals surface area contributed by atoms with E-state index in [1.165, 1.54) is 13.2 Å². The molecule has 0 unspecified atom stereocenters. The maximum absolute atomic E-state index is 12.2. The fraction of sp³-hybridized carbons (Fsp3) is 0.0588. The predicted molar refractivity (Wildman–Crippen MR) is 96.7 cm³/mol. The first-order valence-corrected chi connectivity index (χ1v) is 7.79. The van der Waals surface area contributed by atoms with Gasteiger partial charge in [0.25, 0.3) is 5.91 Å². The van der Waals surface area contributed by atoms with Gasteiger partial charge in [0.15, 0.2) is 5.75 Å². The summed E-state index contributed by atoms with van der Waals surface area (Å²) in [6.45, 7) is 0. The number of rotatable bonds is 4. The normalized spacial score (nSPS) is 10.9. The van der Waals surface area contributed by atoms with Crippen LogP contribution in [0.3, 0.4) is 0 Å². The molecule has 0 aliphatic heterocycles. The highest BCUT2D eigenvalue weighted by atomic mass is 35.5. The second-order valence-electron chi connectivity index (χ2n) is 4.65. The van der Waals surface area contributed by atoms with E-state index in [9.17, 15) is 10.1 Å². The van der Waals surface area contributed by atoms with Crippen LogP contribution in [0.4, 0.5) is 5.69 Å². The van der Waals surface area contributed by atoms with Gasteiger partial charge in [-0.1, -0.05) is 34.8 Å². The van der Waals surface area contributed by atoms with Crippen LogP contribution in [-0.4, -0.2) is 13.0 Å². The summed E-state index contributed by atoms with van der Waals surface area (Å²) in [6, 6.07) is 11.5. The highest BCUT2D eigenvalue weighted by Gasteiger charge is 2.12. The molecule has 0 aromatic heterocycles. The van der Waals surface area contributed by atoms with E-state index in [-0.39, 0.29) is 15.6 Å². The molecule has 122 valence electrons. The zero-order valence-corrected chi connectivity index (χ0v) is 14.7. The first kappa shape index (κ1) is 18.2. The molecule has 0 spiro atoms. The molecular weight excluding hydrogens is 371 g/mol. The fourth-order valence-electron chi connectivity index (χ4n) is 1.90. The minimum Gasteiger partial charge on any atom is -0.494 e. The van der Waals surface area contributed by atoms with E-state index < -0.39 is 5.91 Å². The number of carbonyl (C=O) groups is 1. The van der Waals surface area contributed by atoms with Crippen molar-refractivity contribution in [2.45, 2.75) is 0 Å². The van der Waals surface area contributed by atoms with Crippen LogP contribution in [0, 0.1) is 11.3 Å². The molecule has 0 radical (unpaired) electrons. The lowest BCUT2D eigenvalue weighted by atomic mass is 10.1. The second-order valence-corrected chi connectivity index (χ2v) is 5.90. The lowest BCUT2D eigenvalue weighted by molar-refractivity contribution is -0.112. The Morgan fingerprint density at radius 2 is 1.75 bits per heavy atom. The van der Waals surface area contributed by atoms with E-state index in [1.54, 1.807) is 36.4 Å². The van der Waals surface area contributed by atoms with Crippen LogP contribution in [0.5, 0.6) is 5.75 Å². The molecule has 0 bridgehead atoms. The first-order valence-electron chi connectivity index (χ1n) is 6.66. The van der Waals surface area contributed by atoms with E-state index in [0.29, 0.717) is 22.0 Å². The third kappa shape index (κ3) is 4.42. The molecule has 0 aliphatic rings. The number of nitriles is 1. The Labute approximate surface area is 154 Å². The number of nitrogens with zero attached hydrogens (tertiary/aromatic N) is 1. The number of anilines is 1. The zero-order valence-electron chi connectivity index (χ0n) is 12.4. The predicted octanol–water partition coefficient (Wildman–Crippen LogP) is 5.20. The SMILES string of the molecule is COc1c(Cl)cc(/C=C(/C#N)C(=O)Nc2ccc(Cl)cc2)cc1Cl. The molecule has 2 rings (SSSR count). The van der Waals surface area contributed by atoms with Gasteiger partial charge >= 0.3 is 0 Å². The number of hydrogen-bond donors (Lipinski definition) is 1. The van der Waals surface area contributed by atoms with Crippen LogP contribution in [0.2, 0.25) is 15.1 Å². The van der Waals surface area contributed by atoms with Gasteiger partial charge in [-0.2, -0.15) is 5.26 Å². The molecule has 0 saturated heterocycles. The minimum atomic E-state index is -0.553. The van der Waals surface area contributed by atoms with Crippen molar-refractivity contribution in [3.05, 3.63) is 62.6 Å². The molecule has 0 heterocycles. The number of methoxy groups -OCH3 is 1. The summed E-state index contributed by atoms with van der Waals surface area (Å²) in [6.07, 6.45) is 1.39. The summed E-state index contributed by atoms with van der Waals surface area (Å²) < 4.78 is 5.06. The number of halogens is 3. The molecule has 1 N–H and O–H groups in total. The van der Waals surface area contributed by atoms with Crippen LogP contribution in [0.25, 0.3) is 6.08 Å². The second kappa shape index (κ2) is 8.07. The number of carbonyl (C=O) groups excluding carboxylic acids is 1. The monoisotopic (exact) mass is 380 g/mol. The third-order valence-electron chi connectivity index (χ3n) is 3.00. The molecule has 7 heteroatoms. The van der Waals surface area contributed by atoms with Gasteiger partial charge in [-0.3, -0.25) is 4.79 Å². The van der Waals surface area contributed by atoms with Crippen molar-refractivity contribution in [2.24, 2.45) is 0 Å². The van der Waals surface area contributed by atoms with E-state index in [2.05, 4.69) is 5.32 Å². The van der Waals surface area contributed by atoms with Crippen molar-refractivity contribution in [3.8, 4) is 11.8 Å². The fourth-order valence-corrected chi connectivity index (χ4v) is 2.69. The Kier molecular flexibility index (Phi) is 6.10. The molecule has 2 aromatic carbocycles. The van der Waals surface area contributed by atoms with Gasteiger partial charge in [0.1, 0.15) is 11.6 Å². The Hall–Kier alpha value is -2.19. The molecule has 24 heavy (non-hydrogen) atoms. The average Bonchev–Trinajstić information content (AvgIpc) is 2.54. The molecule has 4 nitrogen and oxygen atoms in total. The standard InChI is InChI=1S/C17H11Cl3N2O2/c1-24-16-14(19)7-10(8-15(16)20)6-11(9-21)17(23)22-13-4-2-12(18)3-5-13/h2-8H,1H3,(H,22,23)/b11-6-. The zero-order chi connectivity index (χ0) is 17.7. The molecule has 2 aromatic rings. The first-order chi connectivity index (χ1) is 11.4. The van der Waals surface area contributed by atoms with Crippen molar-refractivity contribution >= 4 is 52.5 Å². The van der Waals surface area contributed by atoms with E-state index >= 15 is 0 Å². The van der Waals surface area contributed by atoms with Gasteiger partial charge in [0.05, 0.1) is 17.2 Å². The van der Waals surface area contributed by atoms with Crippen molar-refractivity contribution < 1.29 is 9.53 Å². The van der Waals surface area contributed by atoms with E-state index in [1.807, 2.05) is 6.07 Å². The van der Waals surface area contributed by atoms with Crippen molar-refractivity contribution in [3.63, 3.8) is 0 Å². The van der Waals surface area contributed by atoms with Gasteiger partial charge in [-0.25, -0.2) is 0 Å². The summed E-state index contributed by atoms with van der Waals surface area (Å²) in [5.41, 5.74) is 0.937.